The minimum atomic E-state index is 0.0972. The Morgan fingerprint density at radius 2 is 2.05 bits per heavy atom. The number of benzene rings is 1. The summed E-state index contributed by atoms with van der Waals surface area (Å²) in [6.45, 7) is 3.06. The van der Waals surface area contributed by atoms with Crippen molar-refractivity contribution in [2.24, 2.45) is 0 Å². The fourth-order valence-electron chi connectivity index (χ4n) is 2.01. The molecule has 0 aliphatic rings. The van der Waals surface area contributed by atoms with Gasteiger partial charge in [0.15, 0.2) is 4.67 Å². The molecule has 0 saturated heterocycles. The van der Waals surface area contributed by atoms with Gasteiger partial charge in [-0.1, -0.05) is 36.2 Å². The lowest BCUT2D eigenvalue weighted by molar-refractivity contribution is 0.400. The summed E-state index contributed by atoms with van der Waals surface area (Å²) < 4.78 is 6.40. The Morgan fingerprint density at radius 1 is 1.25 bits per heavy atom. The maximum absolute atomic E-state index is 6.25. The Labute approximate surface area is 137 Å². The second kappa shape index (κ2) is 7.51. The van der Waals surface area contributed by atoms with Crippen LogP contribution in [0.15, 0.2) is 39.4 Å². The monoisotopic (exact) mass is 375 g/mol. The van der Waals surface area contributed by atoms with Gasteiger partial charge in [-0.3, -0.25) is 0 Å². The van der Waals surface area contributed by atoms with E-state index in [0.29, 0.717) is 10.0 Å². The van der Waals surface area contributed by atoms with Crippen LogP contribution in [-0.4, -0.2) is 6.54 Å². The number of halogens is 3. The van der Waals surface area contributed by atoms with Gasteiger partial charge in [-0.05, 0) is 65.1 Å². The lowest BCUT2D eigenvalue weighted by Crippen LogP contribution is -2.23. The van der Waals surface area contributed by atoms with Gasteiger partial charge >= 0.3 is 0 Å². The van der Waals surface area contributed by atoms with Gasteiger partial charge in [0.05, 0.1) is 6.04 Å². The molecule has 1 aromatic heterocycles. The first-order valence-electron chi connectivity index (χ1n) is 6.52. The van der Waals surface area contributed by atoms with Gasteiger partial charge in [0.2, 0.25) is 0 Å². The van der Waals surface area contributed by atoms with Crippen molar-refractivity contribution >= 4 is 39.1 Å². The zero-order chi connectivity index (χ0) is 14.5. The topological polar surface area (TPSA) is 25.2 Å². The van der Waals surface area contributed by atoms with Crippen LogP contribution in [0.4, 0.5) is 0 Å². The van der Waals surface area contributed by atoms with Crippen molar-refractivity contribution in [2.75, 3.05) is 6.54 Å². The molecule has 1 heterocycles. The zero-order valence-corrected chi connectivity index (χ0v) is 14.2. The summed E-state index contributed by atoms with van der Waals surface area (Å²) in [7, 11) is 0. The lowest BCUT2D eigenvalue weighted by atomic mass is 10.0. The summed E-state index contributed by atoms with van der Waals surface area (Å²) in [5.41, 5.74) is 1.05. The minimum absolute atomic E-state index is 0.0972. The molecule has 0 amide bonds. The molecule has 2 rings (SSSR count). The van der Waals surface area contributed by atoms with E-state index in [0.717, 1.165) is 35.4 Å². The summed E-state index contributed by atoms with van der Waals surface area (Å²) in [5.74, 6) is 0.899. The fourth-order valence-corrected chi connectivity index (χ4v) is 2.82. The van der Waals surface area contributed by atoms with Crippen LogP contribution >= 0.6 is 39.1 Å². The summed E-state index contributed by atoms with van der Waals surface area (Å²) >= 11 is 15.5. The molecule has 1 N–H and O–H groups in total. The van der Waals surface area contributed by atoms with Crippen LogP contribution in [0.1, 0.15) is 30.7 Å². The van der Waals surface area contributed by atoms with E-state index in [4.69, 9.17) is 27.6 Å². The van der Waals surface area contributed by atoms with E-state index >= 15 is 0 Å². The normalized spacial score (nSPS) is 12.6. The molecule has 0 radical (unpaired) electrons. The van der Waals surface area contributed by atoms with Crippen molar-refractivity contribution < 1.29 is 4.42 Å². The van der Waals surface area contributed by atoms with E-state index < -0.39 is 0 Å². The Hall–Kier alpha value is -0.480. The third kappa shape index (κ3) is 4.26. The molecule has 0 bridgehead atoms. The third-order valence-electron chi connectivity index (χ3n) is 3.02. The predicted octanol–water partition coefficient (Wildman–Crippen LogP) is 5.63. The number of nitrogens with one attached hydrogen (secondary N) is 1. The Bertz CT molecular complexity index is 571. The first-order valence-corrected chi connectivity index (χ1v) is 8.07. The second-order valence-electron chi connectivity index (χ2n) is 4.59. The van der Waals surface area contributed by atoms with E-state index in [1.807, 2.05) is 24.3 Å². The van der Waals surface area contributed by atoms with E-state index in [-0.39, 0.29) is 6.04 Å². The minimum Gasteiger partial charge on any atom is -0.453 e. The van der Waals surface area contributed by atoms with Crippen molar-refractivity contribution in [1.82, 2.24) is 5.32 Å². The molecule has 5 heteroatoms. The zero-order valence-electron chi connectivity index (χ0n) is 11.1. The molecule has 1 unspecified atom stereocenters. The van der Waals surface area contributed by atoms with Crippen LogP contribution in [0.2, 0.25) is 10.0 Å². The lowest BCUT2D eigenvalue weighted by Gasteiger charge is -2.17. The van der Waals surface area contributed by atoms with Crippen molar-refractivity contribution in [1.29, 1.82) is 0 Å². The van der Waals surface area contributed by atoms with E-state index in [1.54, 1.807) is 6.07 Å². The largest absolute Gasteiger partial charge is 0.453 e. The maximum Gasteiger partial charge on any atom is 0.169 e. The van der Waals surface area contributed by atoms with Gasteiger partial charge in [-0.2, -0.15) is 0 Å². The van der Waals surface area contributed by atoms with Crippen LogP contribution in [0, 0.1) is 0 Å². The standard InChI is InChI=1S/C15H16BrCl2NO/c1-2-7-19-13(14-5-6-15(16)20-14)8-10-3-4-11(17)9-12(10)18/h3-6,9,13,19H,2,7-8H2,1H3. The first kappa shape index (κ1) is 15.9. The van der Waals surface area contributed by atoms with Crippen LogP contribution in [0.5, 0.6) is 0 Å². The number of hydrogen-bond donors (Lipinski definition) is 1. The molecule has 108 valence electrons. The highest BCUT2D eigenvalue weighted by atomic mass is 79.9. The van der Waals surface area contributed by atoms with Crippen LogP contribution in [0.25, 0.3) is 0 Å². The smallest absolute Gasteiger partial charge is 0.169 e. The van der Waals surface area contributed by atoms with Gasteiger partial charge in [0.1, 0.15) is 5.76 Å². The summed E-state index contributed by atoms with van der Waals surface area (Å²) in [6.07, 6.45) is 1.82. The average Bonchev–Trinajstić information content (AvgIpc) is 2.83. The van der Waals surface area contributed by atoms with Crippen molar-refractivity contribution in [3.63, 3.8) is 0 Å². The summed E-state index contributed by atoms with van der Waals surface area (Å²) in [5, 5.41) is 4.82. The van der Waals surface area contributed by atoms with Gasteiger partial charge in [0.25, 0.3) is 0 Å². The predicted molar refractivity (Wildman–Crippen MR) is 87.6 cm³/mol. The fraction of sp³-hybridized carbons (Fsp3) is 0.333. The molecule has 2 aromatic rings. The van der Waals surface area contributed by atoms with Gasteiger partial charge in [-0.15, -0.1) is 0 Å². The highest BCUT2D eigenvalue weighted by molar-refractivity contribution is 9.10. The SMILES string of the molecule is CCCNC(Cc1ccc(Cl)cc1Cl)c1ccc(Br)o1. The van der Waals surface area contributed by atoms with Crippen LogP contribution < -0.4 is 5.32 Å². The van der Waals surface area contributed by atoms with Crippen molar-refractivity contribution in [3.05, 3.63) is 56.4 Å². The second-order valence-corrected chi connectivity index (χ2v) is 6.21. The van der Waals surface area contributed by atoms with E-state index in [2.05, 4.69) is 28.2 Å². The average molecular weight is 377 g/mol. The number of furan rings is 1. The third-order valence-corrected chi connectivity index (χ3v) is 4.03. The number of rotatable bonds is 6. The Kier molecular flexibility index (Phi) is 5.97. The quantitative estimate of drug-likeness (QED) is 0.706. The maximum atomic E-state index is 6.25. The molecule has 1 aromatic carbocycles. The van der Waals surface area contributed by atoms with E-state index in [9.17, 15) is 0 Å². The highest BCUT2D eigenvalue weighted by Gasteiger charge is 2.17. The van der Waals surface area contributed by atoms with Gasteiger partial charge in [0, 0.05) is 10.0 Å². The van der Waals surface area contributed by atoms with Crippen LogP contribution in [0.3, 0.4) is 0 Å². The molecule has 20 heavy (non-hydrogen) atoms. The van der Waals surface area contributed by atoms with Crippen molar-refractivity contribution in [2.45, 2.75) is 25.8 Å². The van der Waals surface area contributed by atoms with E-state index in [1.165, 1.54) is 0 Å². The molecule has 0 spiro atoms. The molecule has 2 nitrogen and oxygen atoms in total. The summed E-state index contributed by atoms with van der Waals surface area (Å²) in [4.78, 5) is 0. The van der Waals surface area contributed by atoms with Gasteiger partial charge < -0.3 is 9.73 Å². The highest BCUT2D eigenvalue weighted by Crippen LogP contribution is 2.28. The molecule has 0 aliphatic carbocycles. The molecule has 0 aliphatic heterocycles. The molecular weight excluding hydrogens is 361 g/mol. The van der Waals surface area contributed by atoms with Crippen LogP contribution in [-0.2, 0) is 6.42 Å². The summed E-state index contributed by atoms with van der Waals surface area (Å²) in [6, 6.07) is 9.56. The van der Waals surface area contributed by atoms with Crippen molar-refractivity contribution in [3.8, 4) is 0 Å². The first-order chi connectivity index (χ1) is 9.60. The number of hydrogen-bond acceptors (Lipinski definition) is 2. The molecular formula is C15H16BrCl2NO. The Morgan fingerprint density at radius 3 is 2.65 bits per heavy atom. The Balaban J connectivity index is 2.18. The molecule has 1 atom stereocenters. The molecule has 0 fully saturated rings. The molecule has 0 saturated carbocycles. The van der Waals surface area contributed by atoms with Gasteiger partial charge in [-0.25, -0.2) is 0 Å².